The molecule has 2 aromatic carbocycles. The number of thiazole rings is 1. The van der Waals surface area contributed by atoms with E-state index in [2.05, 4.69) is 10.3 Å². The van der Waals surface area contributed by atoms with Crippen LogP contribution in [0.1, 0.15) is 42.3 Å². The Balaban J connectivity index is 1.23. The summed E-state index contributed by atoms with van der Waals surface area (Å²) >= 11 is 1.54. The fraction of sp³-hybridized carbons (Fsp3) is 0.0909. The summed E-state index contributed by atoms with van der Waals surface area (Å²) < 4.78 is 1.92. The summed E-state index contributed by atoms with van der Waals surface area (Å²) in [4.78, 5) is 43.9. The van der Waals surface area contributed by atoms with Gasteiger partial charge in [-0.15, -0.1) is 11.3 Å². The van der Waals surface area contributed by atoms with Gasteiger partial charge in [0.25, 0.3) is 17.7 Å². The molecule has 0 unspecified atom stereocenters. The topological polar surface area (TPSA) is 83.8 Å². The van der Waals surface area contributed by atoms with Gasteiger partial charge in [-0.05, 0) is 29.8 Å². The summed E-state index contributed by atoms with van der Waals surface area (Å²) in [5.74, 6) is -0.798. The molecule has 7 nitrogen and oxygen atoms in total. The van der Waals surface area contributed by atoms with Crippen molar-refractivity contribution in [2.24, 2.45) is 0 Å². The van der Waals surface area contributed by atoms with Crippen LogP contribution in [0, 0.1) is 0 Å². The van der Waals surface area contributed by atoms with Crippen molar-refractivity contribution in [2.45, 2.75) is 13.1 Å². The Bertz CT molecular complexity index is 1230. The molecule has 0 saturated heterocycles. The van der Waals surface area contributed by atoms with Crippen molar-refractivity contribution in [3.05, 3.63) is 94.3 Å². The number of nitrogens with one attached hydrogen (secondary N) is 1. The molecule has 30 heavy (non-hydrogen) atoms. The second kappa shape index (κ2) is 7.23. The molecular weight excluding hydrogens is 400 g/mol. The highest BCUT2D eigenvalue weighted by molar-refractivity contribution is 7.15. The zero-order chi connectivity index (χ0) is 20.7. The van der Waals surface area contributed by atoms with Crippen molar-refractivity contribution < 1.29 is 14.4 Å². The lowest BCUT2D eigenvalue weighted by Crippen LogP contribution is -2.29. The van der Waals surface area contributed by atoms with Crippen molar-refractivity contribution in [3.63, 3.8) is 0 Å². The van der Waals surface area contributed by atoms with Gasteiger partial charge in [0.15, 0.2) is 4.96 Å². The molecule has 0 radical (unpaired) electrons. The summed E-state index contributed by atoms with van der Waals surface area (Å²) in [5.41, 5.74) is 2.92. The molecule has 0 fully saturated rings. The van der Waals surface area contributed by atoms with E-state index in [1.54, 1.807) is 48.5 Å². The van der Waals surface area contributed by atoms with Gasteiger partial charge >= 0.3 is 0 Å². The number of amides is 3. The van der Waals surface area contributed by atoms with Crippen molar-refractivity contribution in [1.82, 2.24) is 19.6 Å². The van der Waals surface area contributed by atoms with Crippen LogP contribution in [0.15, 0.2) is 66.3 Å². The number of carbonyl (C=O) groups is 3. The second-order valence-corrected chi connectivity index (χ2v) is 7.82. The molecule has 1 aliphatic heterocycles. The number of imidazole rings is 1. The zero-order valence-corrected chi connectivity index (χ0v) is 16.6. The fourth-order valence-electron chi connectivity index (χ4n) is 3.46. The molecule has 0 spiro atoms. The maximum Gasteiger partial charge on any atom is 0.261 e. The molecule has 2 aromatic heterocycles. The lowest BCUT2D eigenvalue weighted by molar-refractivity contribution is 0.0641. The van der Waals surface area contributed by atoms with Crippen LogP contribution in [0.2, 0.25) is 0 Å². The van der Waals surface area contributed by atoms with Crippen LogP contribution in [0.5, 0.6) is 0 Å². The molecule has 4 aromatic rings. The first-order valence-corrected chi connectivity index (χ1v) is 10.2. The molecule has 0 saturated carbocycles. The summed E-state index contributed by atoms with van der Waals surface area (Å²) in [7, 11) is 0. The fourth-order valence-corrected chi connectivity index (χ4v) is 4.18. The van der Waals surface area contributed by atoms with E-state index in [0.29, 0.717) is 23.2 Å². The Labute approximate surface area is 175 Å². The molecule has 1 aliphatic rings. The predicted octanol–water partition coefficient (Wildman–Crippen LogP) is 3.12. The molecule has 3 amide bonds. The van der Waals surface area contributed by atoms with Gasteiger partial charge in [-0.2, -0.15) is 0 Å². The molecular formula is C22H16N4O3S. The number of nitrogens with zero attached hydrogens (tertiary/aromatic N) is 3. The molecule has 3 heterocycles. The van der Waals surface area contributed by atoms with Gasteiger partial charge in [-0.25, -0.2) is 4.98 Å². The number of aromatic nitrogens is 2. The highest BCUT2D eigenvalue weighted by atomic mass is 32.1. The third-order valence-corrected chi connectivity index (χ3v) is 5.78. The van der Waals surface area contributed by atoms with Gasteiger partial charge in [0.2, 0.25) is 0 Å². The standard InChI is InChI=1S/C22H16N4O3S/c27-19(23-11-16-13-25-9-10-30-22(25)24-16)15-7-5-14(6-8-15)12-26-20(28)17-3-1-2-4-18(17)21(26)29/h1-10,13H,11-12H2,(H,23,27). The van der Waals surface area contributed by atoms with Crippen LogP contribution in [0.3, 0.4) is 0 Å². The summed E-state index contributed by atoms with van der Waals surface area (Å²) in [5, 5.41) is 4.81. The Morgan fingerprint density at radius 3 is 2.37 bits per heavy atom. The third kappa shape index (κ3) is 3.17. The van der Waals surface area contributed by atoms with Crippen LogP contribution in [0.4, 0.5) is 0 Å². The molecule has 5 rings (SSSR count). The average Bonchev–Trinajstić information content (AvgIpc) is 3.42. The lowest BCUT2D eigenvalue weighted by Gasteiger charge is -2.14. The maximum absolute atomic E-state index is 12.5. The van der Waals surface area contributed by atoms with E-state index < -0.39 is 0 Å². The van der Waals surface area contributed by atoms with Gasteiger partial charge in [0.05, 0.1) is 29.9 Å². The second-order valence-electron chi connectivity index (χ2n) is 6.95. The Morgan fingerprint density at radius 2 is 1.70 bits per heavy atom. The number of rotatable bonds is 5. The van der Waals surface area contributed by atoms with Crippen molar-refractivity contribution in [2.75, 3.05) is 0 Å². The first-order valence-electron chi connectivity index (χ1n) is 9.33. The minimum Gasteiger partial charge on any atom is -0.346 e. The largest absolute Gasteiger partial charge is 0.346 e. The SMILES string of the molecule is O=C(NCc1cn2ccsc2n1)c1ccc(CN2C(=O)c3ccccc3C2=O)cc1. The number of benzene rings is 2. The molecule has 1 N–H and O–H groups in total. The first kappa shape index (κ1) is 18.3. The number of hydrogen-bond donors (Lipinski definition) is 1. The van der Waals surface area contributed by atoms with Gasteiger partial charge < -0.3 is 5.32 Å². The lowest BCUT2D eigenvalue weighted by atomic mass is 10.1. The van der Waals surface area contributed by atoms with E-state index >= 15 is 0 Å². The van der Waals surface area contributed by atoms with E-state index in [1.807, 2.05) is 22.2 Å². The van der Waals surface area contributed by atoms with Crippen LogP contribution in [-0.4, -0.2) is 32.0 Å². The van der Waals surface area contributed by atoms with Crippen molar-refractivity contribution in [3.8, 4) is 0 Å². The van der Waals surface area contributed by atoms with E-state index in [4.69, 9.17) is 0 Å². The third-order valence-electron chi connectivity index (χ3n) is 5.01. The first-order chi connectivity index (χ1) is 14.6. The highest BCUT2D eigenvalue weighted by Crippen LogP contribution is 2.24. The van der Waals surface area contributed by atoms with Crippen LogP contribution in [-0.2, 0) is 13.1 Å². The highest BCUT2D eigenvalue weighted by Gasteiger charge is 2.34. The molecule has 0 atom stereocenters. The van der Waals surface area contributed by atoms with E-state index in [1.165, 1.54) is 16.2 Å². The monoisotopic (exact) mass is 416 g/mol. The average molecular weight is 416 g/mol. The van der Waals surface area contributed by atoms with Crippen LogP contribution in [0.25, 0.3) is 4.96 Å². The minimum absolute atomic E-state index is 0.166. The van der Waals surface area contributed by atoms with Gasteiger partial charge in [-0.3, -0.25) is 23.7 Å². The minimum atomic E-state index is -0.294. The Morgan fingerprint density at radius 1 is 1.00 bits per heavy atom. The van der Waals surface area contributed by atoms with Gasteiger partial charge in [-0.1, -0.05) is 24.3 Å². The number of hydrogen-bond acceptors (Lipinski definition) is 5. The summed E-state index contributed by atoms with van der Waals surface area (Å²) in [6.45, 7) is 0.504. The van der Waals surface area contributed by atoms with Crippen LogP contribution < -0.4 is 5.32 Å². The number of carbonyl (C=O) groups excluding carboxylic acids is 3. The van der Waals surface area contributed by atoms with Crippen molar-refractivity contribution >= 4 is 34.0 Å². The quantitative estimate of drug-likeness (QED) is 0.507. The smallest absolute Gasteiger partial charge is 0.261 e. The zero-order valence-electron chi connectivity index (χ0n) is 15.7. The van der Waals surface area contributed by atoms with E-state index in [9.17, 15) is 14.4 Å². The predicted molar refractivity (Wildman–Crippen MR) is 111 cm³/mol. The van der Waals surface area contributed by atoms with E-state index in [-0.39, 0.29) is 24.3 Å². The molecule has 148 valence electrons. The summed E-state index contributed by atoms with van der Waals surface area (Å²) in [6, 6.07) is 13.7. The Kier molecular flexibility index (Phi) is 4.40. The van der Waals surface area contributed by atoms with Crippen LogP contribution >= 0.6 is 11.3 Å². The van der Waals surface area contributed by atoms with E-state index in [0.717, 1.165) is 16.2 Å². The van der Waals surface area contributed by atoms with Gasteiger partial charge in [0.1, 0.15) is 0 Å². The molecule has 8 heteroatoms. The number of fused-ring (bicyclic) bond motifs is 2. The molecule has 0 aliphatic carbocycles. The van der Waals surface area contributed by atoms with Crippen molar-refractivity contribution in [1.29, 1.82) is 0 Å². The molecule has 0 bridgehead atoms. The normalized spacial score (nSPS) is 13.1. The Hall–Kier alpha value is -3.78. The van der Waals surface area contributed by atoms with Gasteiger partial charge in [0, 0.05) is 23.3 Å². The summed E-state index contributed by atoms with van der Waals surface area (Å²) in [6.07, 6.45) is 3.81. The number of imide groups is 1. The maximum atomic E-state index is 12.5.